The summed E-state index contributed by atoms with van der Waals surface area (Å²) >= 11 is 0. The molecule has 18 heavy (non-hydrogen) atoms. The van der Waals surface area contributed by atoms with E-state index in [1.807, 2.05) is 0 Å². The minimum atomic E-state index is -4.57. The third-order valence-corrected chi connectivity index (χ3v) is 2.33. The van der Waals surface area contributed by atoms with E-state index in [4.69, 9.17) is 5.73 Å². The third-order valence-electron chi connectivity index (χ3n) is 2.33. The lowest BCUT2D eigenvalue weighted by molar-refractivity contribution is -0.146. The molecule has 0 fully saturated rings. The Hall–Kier alpha value is -2.05. The van der Waals surface area contributed by atoms with Gasteiger partial charge in [-0.2, -0.15) is 18.2 Å². The fraction of sp³-hybridized carbons (Fsp3) is 0.273. The molecule has 1 heterocycles. The van der Waals surface area contributed by atoms with E-state index in [2.05, 4.69) is 14.7 Å². The lowest BCUT2D eigenvalue weighted by Gasteiger charge is -1.99. The summed E-state index contributed by atoms with van der Waals surface area (Å²) in [6.07, 6.45) is -3.80. The first-order chi connectivity index (χ1) is 8.45. The molecule has 1 aromatic carbocycles. The van der Waals surface area contributed by atoms with Crippen LogP contribution in [-0.2, 0) is 19.0 Å². The molecular weight excluding hydrogens is 247 g/mol. The molecule has 0 aliphatic rings. The highest BCUT2D eigenvalue weighted by Gasteiger charge is 2.37. The summed E-state index contributed by atoms with van der Waals surface area (Å²) in [5.74, 6) is -1.27. The monoisotopic (exact) mass is 257 g/mol. The van der Waals surface area contributed by atoms with Crippen LogP contribution in [0.2, 0.25) is 0 Å². The van der Waals surface area contributed by atoms with Gasteiger partial charge in [0.05, 0.1) is 0 Å². The van der Waals surface area contributed by atoms with Gasteiger partial charge in [-0.3, -0.25) is 0 Å². The average Bonchev–Trinajstić information content (AvgIpc) is 2.77. The molecule has 1 aromatic heterocycles. The van der Waals surface area contributed by atoms with Crippen LogP contribution in [0.3, 0.4) is 0 Å². The largest absolute Gasteiger partial charge is 0.455 e. The Balaban J connectivity index is 1.98. The van der Waals surface area contributed by atoms with Crippen molar-refractivity contribution in [1.29, 1.82) is 0 Å². The Labute approximate surface area is 101 Å². The molecule has 4 nitrogen and oxygen atoms in total. The number of nitrogens with zero attached hydrogens (tertiary/aromatic N) is 2. The maximum absolute atomic E-state index is 12.2. The van der Waals surface area contributed by atoms with Gasteiger partial charge in [-0.15, -0.1) is 0 Å². The first-order valence-electron chi connectivity index (χ1n) is 5.19. The van der Waals surface area contributed by atoms with Crippen LogP contribution in [0.4, 0.5) is 18.9 Å². The Morgan fingerprint density at radius 2 is 1.78 bits per heavy atom. The molecule has 0 bridgehead atoms. The van der Waals surface area contributed by atoms with E-state index in [-0.39, 0.29) is 12.3 Å². The molecule has 0 amide bonds. The Bertz CT molecular complexity index is 519. The van der Waals surface area contributed by atoms with Crippen molar-refractivity contribution >= 4 is 5.69 Å². The third kappa shape index (κ3) is 2.99. The van der Waals surface area contributed by atoms with E-state index in [0.717, 1.165) is 5.56 Å². The first-order valence-corrected chi connectivity index (χ1v) is 5.19. The van der Waals surface area contributed by atoms with E-state index in [9.17, 15) is 13.2 Å². The minimum Gasteiger partial charge on any atom is -0.399 e. The number of alkyl halides is 3. The Morgan fingerprint density at radius 1 is 1.11 bits per heavy atom. The fourth-order valence-corrected chi connectivity index (χ4v) is 1.41. The van der Waals surface area contributed by atoms with Crippen LogP contribution in [0.15, 0.2) is 28.8 Å². The van der Waals surface area contributed by atoms with Crippen LogP contribution in [0.5, 0.6) is 0 Å². The van der Waals surface area contributed by atoms with Crippen LogP contribution in [0.1, 0.15) is 17.3 Å². The van der Waals surface area contributed by atoms with Gasteiger partial charge in [-0.25, -0.2) is 0 Å². The molecule has 0 aliphatic carbocycles. The average molecular weight is 257 g/mol. The lowest BCUT2D eigenvalue weighted by Crippen LogP contribution is -2.07. The van der Waals surface area contributed by atoms with E-state index in [1.165, 1.54) is 0 Å². The maximum atomic E-state index is 12.2. The topological polar surface area (TPSA) is 64.9 Å². The summed E-state index contributed by atoms with van der Waals surface area (Å²) in [7, 11) is 0. The molecule has 2 rings (SSSR count). The van der Waals surface area contributed by atoms with Gasteiger partial charge in [0.15, 0.2) is 0 Å². The minimum absolute atomic E-state index is 0.0286. The summed E-state index contributed by atoms with van der Waals surface area (Å²) in [6.45, 7) is 0. The van der Waals surface area contributed by atoms with Crippen molar-refractivity contribution in [3.63, 3.8) is 0 Å². The predicted octanol–water partition coefficient (Wildman–Crippen LogP) is 2.46. The standard InChI is InChI=1S/C11H10F3N3O/c12-11(13,14)10-16-9(18-17-10)6-3-7-1-4-8(15)5-2-7/h1-2,4-5H,3,6,15H2. The zero-order valence-corrected chi connectivity index (χ0v) is 9.24. The molecule has 0 aliphatic heterocycles. The highest BCUT2D eigenvalue weighted by Crippen LogP contribution is 2.26. The van der Waals surface area contributed by atoms with Gasteiger partial charge in [0.2, 0.25) is 5.89 Å². The van der Waals surface area contributed by atoms with Crippen LogP contribution < -0.4 is 5.73 Å². The zero-order chi connectivity index (χ0) is 13.2. The number of aryl methyl sites for hydroxylation is 2. The van der Waals surface area contributed by atoms with Gasteiger partial charge in [-0.1, -0.05) is 17.3 Å². The molecule has 0 unspecified atom stereocenters. The normalized spacial score (nSPS) is 11.7. The van der Waals surface area contributed by atoms with E-state index < -0.39 is 12.0 Å². The second-order valence-electron chi connectivity index (χ2n) is 3.75. The number of nitrogens with two attached hydrogens (primary N) is 1. The Morgan fingerprint density at radius 3 is 2.33 bits per heavy atom. The van der Waals surface area contributed by atoms with Crippen LogP contribution >= 0.6 is 0 Å². The number of anilines is 1. The summed E-state index contributed by atoms with van der Waals surface area (Å²) in [5, 5.41) is 2.88. The molecule has 0 radical (unpaired) electrons. The number of aromatic nitrogens is 2. The van der Waals surface area contributed by atoms with Gasteiger partial charge in [0.1, 0.15) is 0 Å². The fourth-order valence-electron chi connectivity index (χ4n) is 1.41. The summed E-state index contributed by atoms with van der Waals surface area (Å²) in [6, 6.07) is 7.06. The van der Waals surface area contributed by atoms with E-state index in [0.29, 0.717) is 12.1 Å². The smallest absolute Gasteiger partial charge is 0.399 e. The quantitative estimate of drug-likeness (QED) is 0.858. The van der Waals surface area contributed by atoms with Crippen LogP contribution in [-0.4, -0.2) is 10.1 Å². The SMILES string of the molecule is Nc1ccc(CCc2nc(C(F)(F)F)no2)cc1. The molecule has 2 aromatic rings. The number of rotatable bonds is 3. The molecule has 0 atom stereocenters. The molecule has 0 saturated carbocycles. The van der Waals surface area contributed by atoms with Crippen LogP contribution in [0, 0.1) is 0 Å². The van der Waals surface area contributed by atoms with Crippen molar-refractivity contribution in [2.45, 2.75) is 19.0 Å². The second kappa shape index (κ2) is 4.67. The number of benzene rings is 1. The highest BCUT2D eigenvalue weighted by atomic mass is 19.4. The van der Waals surface area contributed by atoms with Crippen LogP contribution in [0.25, 0.3) is 0 Å². The highest BCUT2D eigenvalue weighted by molar-refractivity contribution is 5.39. The molecule has 0 saturated heterocycles. The number of hydrogen-bond acceptors (Lipinski definition) is 4. The lowest BCUT2D eigenvalue weighted by atomic mass is 10.1. The van der Waals surface area contributed by atoms with Gasteiger partial charge in [0, 0.05) is 12.1 Å². The summed E-state index contributed by atoms with van der Waals surface area (Å²) in [4.78, 5) is 3.29. The van der Waals surface area contributed by atoms with E-state index >= 15 is 0 Å². The summed E-state index contributed by atoms with van der Waals surface area (Å²) in [5.41, 5.74) is 7.10. The van der Waals surface area contributed by atoms with Gasteiger partial charge >= 0.3 is 6.18 Å². The molecule has 7 heteroatoms. The van der Waals surface area contributed by atoms with Crippen molar-refractivity contribution < 1.29 is 17.7 Å². The van der Waals surface area contributed by atoms with E-state index in [1.54, 1.807) is 24.3 Å². The molecule has 0 spiro atoms. The predicted molar refractivity (Wildman–Crippen MR) is 57.6 cm³/mol. The number of nitrogen functional groups attached to an aromatic ring is 1. The van der Waals surface area contributed by atoms with Crippen molar-refractivity contribution in [1.82, 2.24) is 10.1 Å². The van der Waals surface area contributed by atoms with Crippen molar-refractivity contribution in [3.05, 3.63) is 41.5 Å². The first kappa shape index (κ1) is 12.4. The zero-order valence-electron chi connectivity index (χ0n) is 9.24. The van der Waals surface area contributed by atoms with Crippen molar-refractivity contribution in [2.75, 3.05) is 5.73 Å². The number of halogens is 3. The second-order valence-corrected chi connectivity index (χ2v) is 3.75. The van der Waals surface area contributed by atoms with Gasteiger partial charge in [-0.05, 0) is 24.1 Å². The van der Waals surface area contributed by atoms with Crippen molar-refractivity contribution in [3.8, 4) is 0 Å². The molecule has 96 valence electrons. The van der Waals surface area contributed by atoms with Crippen molar-refractivity contribution in [2.24, 2.45) is 0 Å². The Kier molecular flexibility index (Phi) is 3.22. The summed E-state index contributed by atoms with van der Waals surface area (Å²) < 4.78 is 41.2. The molecule has 2 N–H and O–H groups in total. The maximum Gasteiger partial charge on any atom is 0.455 e. The molecular formula is C11H10F3N3O. The van der Waals surface area contributed by atoms with Gasteiger partial charge < -0.3 is 10.3 Å². The van der Waals surface area contributed by atoms with Gasteiger partial charge in [0.25, 0.3) is 5.82 Å². The number of hydrogen-bond donors (Lipinski definition) is 1.